The second-order valence-electron chi connectivity index (χ2n) is 5.74. The van der Waals surface area contributed by atoms with Crippen LogP contribution >= 0.6 is 0 Å². The maximum Gasteiger partial charge on any atom is 0.109 e. The number of aromatic nitrogens is 3. The molecule has 0 radical (unpaired) electrons. The third kappa shape index (κ3) is 2.53. The molecule has 0 bridgehead atoms. The lowest BCUT2D eigenvalue weighted by Crippen LogP contribution is -2.03. The highest BCUT2D eigenvalue weighted by Gasteiger charge is 2.12. The van der Waals surface area contributed by atoms with Crippen molar-refractivity contribution in [2.45, 2.75) is 53.0 Å². The SMILES string of the molecule is CCCCn1c(CCC)nc2c3ccc(C)nc3ccc21. The van der Waals surface area contributed by atoms with Gasteiger partial charge in [0.25, 0.3) is 0 Å². The van der Waals surface area contributed by atoms with E-state index in [1.807, 2.05) is 6.92 Å². The summed E-state index contributed by atoms with van der Waals surface area (Å²) < 4.78 is 2.40. The van der Waals surface area contributed by atoms with Gasteiger partial charge in [0.1, 0.15) is 5.82 Å². The van der Waals surface area contributed by atoms with Gasteiger partial charge in [0.15, 0.2) is 0 Å². The lowest BCUT2D eigenvalue weighted by atomic mass is 10.1. The Morgan fingerprint density at radius 2 is 1.86 bits per heavy atom. The van der Waals surface area contributed by atoms with Crippen LogP contribution in [0.2, 0.25) is 0 Å². The van der Waals surface area contributed by atoms with Crippen molar-refractivity contribution in [1.29, 1.82) is 0 Å². The largest absolute Gasteiger partial charge is 0.328 e. The summed E-state index contributed by atoms with van der Waals surface area (Å²) in [6, 6.07) is 8.55. The van der Waals surface area contributed by atoms with Crippen LogP contribution in [0.4, 0.5) is 0 Å². The minimum Gasteiger partial charge on any atom is -0.328 e. The standard InChI is InChI=1S/C18H23N3/c1-4-6-12-21-16-11-10-15-14(9-8-13(3)19-15)18(16)20-17(21)7-5-2/h8-11H,4-7,12H2,1-3H3. The fraction of sp³-hybridized carbons (Fsp3) is 0.444. The highest BCUT2D eigenvalue weighted by atomic mass is 15.1. The van der Waals surface area contributed by atoms with Gasteiger partial charge in [-0.1, -0.05) is 20.3 Å². The summed E-state index contributed by atoms with van der Waals surface area (Å²) in [6.07, 6.45) is 4.58. The van der Waals surface area contributed by atoms with E-state index in [2.05, 4.69) is 47.7 Å². The molecule has 0 atom stereocenters. The van der Waals surface area contributed by atoms with Gasteiger partial charge in [-0.25, -0.2) is 4.98 Å². The van der Waals surface area contributed by atoms with Crippen LogP contribution in [0.5, 0.6) is 0 Å². The summed E-state index contributed by atoms with van der Waals surface area (Å²) in [6.45, 7) is 7.55. The maximum absolute atomic E-state index is 4.94. The quantitative estimate of drug-likeness (QED) is 0.681. The molecular formula is C18H23N3. The number of hydrogen-bond donors (Lipinski definition) is 0. The molecular weight excluding hydrogens is 258 g/mol. The second-order valence-corrected chi connectivity index (χ2v) is 5.74. The zero-order valence-electron chi connectivity index (χ0n) is 13.2. The number of rotatable bonds is 5. The van der Waals surface area contributed by atoms with Gasteiger partial charge < -0.3 is 4.57 Å². The van der Waals surface area contributed by atoms with E-state index < -0.39 is 0 Å². The fourth-order valence-electron chi connectivity index (χ4n) is 2.92. The Morgan fingerprint density at radius 1 is 1.00 bits per heavy atom. The molecule has 0 aliphatic carbocycles. The van der Waals surface area contributed by atoms with Gasteiger partial charge in [-0.2, -0.15) is 0 Å². The van der Waals surface area contributed by atoms with Gasteiger partial charge in [0.2, 0.25) is 0 Å². The van der Waals surface area contributed by atoms with E-state index in [0.717, 1.165) is 36.1 Å². The number of hydrogen-bond acceptors (Lipinski definition) is 2. The molecule has 3 rings (SSSR count). The smallest absolute Gasteiger partial charge is 0.109 e. The lowest BCUT2D eigenvalue weighted by molar-refractivity contribution is 0.611. The molecule has 110 valence electrons. The molecule has 1 aromatic carbocycles. The van der Waals surface area contributed by atoms with Crippen molar-refractivity contribution in [1.82, 2.24) is 14.5 Å². The fourth-order valence-corrected chi connectivity index (χ4v) is 2.92. The number of unbranched alkanes of at least 4 members (excludes halogenated alkanes) is 1. The Bertz CT molecular complexity index is 771. The van der Waals surface area contributed by atoms with Crippen LogP contribution in [0.25, 0.3) is 21.9 Å². The number of benzene rings is 1. The van der Waals surface area contributed by atoms with Gasteiger partial charge in [0.05, 0.1) is 16.6 Å². The average Bonchev–Trinajstić information content (AvgIpc) is 2.83. The predicted molar refractivity (Wildman–Crippen MR) is 88.7 cm³/mol. The average molecular weight is 281 g/mol. The van der Waals surface area contributed by atoms with Gasteiger partial charge in [-0.3, -0.25) is 4.98 Å². The summed E-state index contributed by atoms with van der Waals surface area (Å²) in [5.41, 5.74) is 4.47. The molecule has 3 heteroatoms. The van der Waals surface area contributed by atoms with Gasteiger partial charge >= 0.3 is 0 Å². The first kappa shape index (κ1) is 14.1. The van der Waals surface area contributed by atoms with E-state index in [4.69, 9.17) is 4.98 Å². The van der Waals surface area contributed by atoms with Crippen LogP contribution in [0, 0.1) is 6.92 Å². The molecule has 0 amide bonds. The zero-order valence-corrected chi connectivity index (χ0v) is 13.2. The van der Waals surface area contributed by atoms with E-state index in [9.17, 15) is 0 Å². The zero-order chi connectivity index (χ0) is 14.8. The third-order valence-corrected chi connectivity index (χ3v) is 4.01. The molecule has 3 aromatic rings. The van der Waals surface area contributed by atoms with Crippen molar-refractivity contribution in [3.63, 3.8) is 0 Å². The van der Waals surface area contributed by atoms with E-state index >= 15 is 0 Å². The van der Waals surface area contributed by atoms with Crippen LogP contribution in [0.15, 0.2) is 24.3 Å². The maximum atomic E-state index is 4.94. The van der Waals surface area contributed by atoms with Crippen molar-refractivity contribution in [3.8, 4) is 0 Å². The first-order valence-corrected chi connectivity index (χ1v) is 8.00. The molecule has 0 aliphatic heterocycles. The highest BCUT2D eigenvalue weighted by molar-refractivity contribution is 6.02. The number of imidazole rings is 1. The van der Waals surface area contributed by atoms with Crippen molar-refractivity contribution in [2.24, 2.45) is 0 Å². The molecule has 0 unspecified atom stereocenters. The summed E-state index contributed by atoms with van der Waals surface area (Å²) in [7, 11) is 0. The Hall–Kier alpha value is -1.90. The van der Waals surface area contributed by atoms with Crippen molar-refractivity contribution in [3.05, 3.63) is 35.8 Å². The van der Waals surface area contributed by atoms with Crippen LogP contribution in [-0.4, -0.2) is 14.5 Å². The lowest BCUT2D eigenvalue weighted by Gasteiger charge is -2.08. The number of pyridine rings is 1. The van der Waals surface area contributed by atoms with Gasteiger partial charge in [0, 0.05) is 24.0 Å². The van der Waals surface area contributed by atoms with Crippen LogP contribution in [0.3, 0.4) is 0 Å². The van der Waals surface area contributed by atoms with Gasteiger partial charge in [-0.05, 0) is 44.0 Å². The Kier molecular flexibility index (Phi) is 3.91. The summed E-state index contributed by atoms with van der Waals surface area (Å²) in [5.74, 6) is 1.22. The highest BCUT2D eigenvalue weighted by Crippen LogP contribution is 2.26. The number of fused-ring (bicyclic) bond motifs is 3. The van der Waals surface area contributed by atoms with Crippen molar-refractivity contribution < 1.29 is 0 Å². The van der Waals surface area contributed by atoms with Crippen molar-refractivity contribution >= 4 is 21.9 Å². The molecule has 2 heterocycles. The Labute approximate surface area is 126 Å². The predicted octanol–water partition coefficient (Wildman–Crippen LogP) is 4.65. The summed E-state index contributed by atoms with van der Waals surface area (Å²) >= 11 is 0. The Morgan fingerprint density at radius 3 is 2.62 bits per heavy atom. The van der Waals surface area contributed by atoms with Crippen LogP contribution in [-0.2, 0) is 13.0 Å². The van der Waals surface area contributed by atoms with Crippen molar-refractivity contribution in [2.75, 3.05) is 0 Å². The van der Waals surface area contributed by atoms with E-state index in [1.165, 1.54) is 29.6 Å². The molecule has 3 nitrogen and oxygen atoms in total. The molecule has 2 aromatic heterocycles. The summed E-state index contributed by atoms with van der Waals surface area (Å²) in [4.78, 5) is 9.56. The van der Waals surface area contributed by atoms with Crippen LogP contribution < -0.4 is 0 Å². The third-order valence-electron chi connectivity index (χ3n) is 4.01. The molecule has 0 aliphatic rings. The first-order chi connectivity index (χ1) is 10.2. The Balaban J connectivity index is 2.23. The molecule has 0 saturated carbocycles. The summed E-state index contributed by atoms with van der Waals surface area (Å²) in [5, 5.41) is 1.17. The second kappa shape index (κ2) is 5.84. The van der Waals surface area contributed by atoms with E-state index in [1.54, 1.807) is 0 Å². The number of nitrogens with zero attached hydrogens (tertiary/aromatic N) is 3. The molecule has 0 N–H and O–H groups in total. The molecule has 0 spiro atoms. The first-order valence-electron chi connectivity index (χ1n) is 8.00. The molecule has 21 heavy (non-hydrogen) atoms. The van der Waals surface area contributed by atoms with Gasteiger partial charge in [-0.15, -0.1) is 0 Å². The minimum atomic E-state index is 1.04. The topological polar surface area (TPSA) is 30.7 Å². The molecule has 0 fully saturated rings. The minimum absolute atomic E-state index is 1.04. The molecule has 0 saturated heterocycles. The van der Waals surface area contributed by atoms with E-state index in [-0.39, 0.29) is 0 Å². The van der Waals surface area contributed by atoms with E-state index in [0.29, 0.717) is 0 Å². The normalized spacial score (nSPS) is 11.6. The monoisotopic (exact) mass is 281 g/mol. The number of aryl methyl sites for hydroxylation is 3. The van der Waals surface area contributed by atoms with Crippen LogP contribution in [0.1, 0.15) is 44.6 Å².